The molecule has 0 spiro atoms. The van der Waals surface area contributed by atoms with Crippen LogP contribution < -0.4 is 4.90 Å². The number of hydrogen-bond acceptors (Lipinski definition) is 4. The highest BCUT2D eigenvalue weighted by Gasteiger charge is 2.22. The zero-order valence-corrected chi connectivity index (χ0v) is 14.3. The summed E-state index contributed by atoms with van der Waals surface area (Å²) in [5.74, 6) is -0.456. The molecule has 0 radical (unpaired) electrons. The maximum atomic E-state index is 12.5. The second-order valence-corrected chi connectivity index (χ2v) is 6.30. The van der Waals surface area contributed by atoms with E-state index < -0.39 is 5.97 Å². The molecule has 0 fully saturated rings. The average molecular weight is 349 g/mol. The van der Waals surface area contributed by atoms with Crippen LogP contribution in [0.25, 0.3) is 11.0 Å². The summed E-state index contributed by atoms with van der Waals surface area (Å²) in [4.78, 5) is 33.6. The van der Waals surface area contributed by atoms with Crippen LogP contribution >= 0.6 is 0 Å². The third-order valence-corrected chi connectivity index (χ3v) is 4.62. The molecule has 2 heterocycles. The lowest BCUT2D eigenvalue weighted by Gasteiger charge is -2.29. The largest absolute Gasteiger partial charge is 0.462 e. The van der Waals surface area contributed by atoms with Crippen molar-refractivity contribution < 1.29 is 14.3 Å². The van der Waals surface area contributed by atoms with E-state index in [0.29, 0.717) is 12.1 Å². The number of nitrogens with one attached hydrogen (secondary N) is 1. The number of carbonyl (C=O) groups is 2. The molecular formula is C20H19N3O3. The number of fused-ring (bicyclic) bond motifs is 2. The lowest BCUT2D eigenvalue weighted by atomic mass is 10.0. The number of rotatable bonds is 4. The first kappa shape index (κ1) is 16.3. The van der Waals surface area contributed by atoms with Crippen molar-refractivity contribution in [1.29, 1.82) is 0 Å². The van der Waals surface area contributed by atoms with Crippen LogP contribution in [0.1, 0.15) is 28.8 Å². The Hall–Kier alpha value is -3.15. The fourth-order valence-corrected chi connectivity index (χ4v) is 3.30. The van der Waals surface area contributed by atoms with E-state index in [1.165, 1.54) is 5.56 Å². The molecule has 26 heavy (non-hydrogen) atoms. The Morgan fingerprint density at radius 1 is 1.19 bits per heavy atom. The number of ether oxygens (including phenoxy) is 1. The van der Waals surface area contributed by atoms with Gasteiger partial charge in [0.05, 0.1) is 29.3 Å². The third-order valence-electron chi connectivity index (χ3n) is 4.62. The molecule has 1 amide bonds. The Bertz CT molecular complexity index is 964. The molecule has 0 aliphatic carbocycles. The van der Waals surface area contributed by atoms with E-state index in [4.69, 9.17) is 4.74 Å². The summed E-state index contributed by atoms with van der Waals surface area (Å²) in [7, 11) is 0. The topological polar surface area (TPSA) is 75.3 Å². The fraction of sp³-hybridized carbons (Fsp3) is 0.250. The number of aromatic amines is 1. The maximum Gasteiger partial charge on any atom is 0.338 e. The Kier molecular flexibility index (Phi) is 4.39. The van der Waals surface area contributed by atoms with Crippen molar-refractivity contribution >= 4 is 28.6 Å². The molecule has 0 bridgehead atoms. The van der Waals surface area contributed by atoms with Crippen molar-refractivity contribution in [2.24, 2.45) is 0 Å². The van der Waals surface area contributed by atoms with Crippen molar-refractivity contribution in [1.82, 2.24) is 9.97 Å². The molecular weight excluding hydrogens is 330 g/mol. The van der Waals surface area contributed by atoms with Crippen LogP contribution in [0.4, 0.5) is 5.69 Å². The van der Waals surface area contributed by atoms with Gasteiger partial charge in [0.1, 0.15) is 6.61 Å². The fourth-order valence-electron chi connectivity index (χ4n) is 3.30. The molecule has 3 aromatic rings. The number of para-hydroxylation sites is 1. The third kappa shape index (κ3) is 3.18. The minimum atomic E-state index is -0.437. The first-order chi connectivity index (χ1) is 12.7. The predicted molar refractivity (Wildman–Crippen MR) is 98.1 cm³/mol. The van der Waals surface area contributed by atoms with Gasteiger partial charge in [0, 0.05) is 12.2 Å². The molecule has 0 unspecified atom stereocenters. The van der Waals surface area contributed by atoms with Crippen LogP contribution in [0.15, 0.2) is 48.8 Å². The van der Waals surface area contributed by atoms with Gasteiger partial charge in [-0.2, -0.15) is 0 Å². The van der Waals surface area contributed by atoms with Crippen LogP contribution in [0.2, 0.25) is 0 Å². The molecule has 1 aliphatic heterocycles. The SMILES string of the molecule is O=C(OCCC(=O)N1CCCc2ccccc21)c1ccc2nc[nH]c2c1. The zero-order chi connectivity index (χ0) is 17.9. The Labute approximate surface area is 150 Å². The van der Waals surface area contributed by atoms with Gasteiger partial charge in [-0.05, 0) is 42.7 Å². The second kappa shape index (κ2) is 7.00. The summed E-state index contributed by atoms with van der Waals surface area (Å²) in [6.45, 7) is 0.775. The van der Waals surface area contributed by atoms with Gasteiger partial charge in [-0.15, -0.1) is 0 Å². The number of aryl methyl sites for hydroxylation is 1. The van der Waals surface area contributed by atoms with Crippen LogP contribution in [0, 0.1) is 0 Å². The molecule has 2 aromatic carbocycles. The van der Waals surface area contributed by atoms with E-state index >= 15 is 0 Å². The molecule has 4 rings (SSSR count). The first-order valence-corrected chi connectivity index (χ1v) is 8.71. The number of esters is 1. The molecule has 6 heteroatoms. The molecule has 1 N–H and O–H groups in total. The monoisotopic (exact) mass is 349 g/mol. The summed E-state index contributed by atoms with van der Waals surface area (Å²) in [5.41, 5.74) is 4.18. The zero-order valence-electron chi connectivity index (χ0n) is 14.3. The highest BCUT2D eigenvalue weighted by atomic mass is 16.5. The van der Waals surface area contributed by atoms with Gasteiger partial charge in [0.15, 0.2) is 0 Å². The molecule has 6 nitrogen and oxygen atoms in total. The first-order valence-electron chi connectivity index (χ1n) is 8.71. The van der Waals surface area contributed by atoms with E-state index in [9.17, 15) is 9.59 Å². The van der Waals surface area contributed by atoms with Crippen LogP contribution in [-0.2, 0) is 16.0 Å². The normalized spacial score (nSPS) is 13.5. The molecule has 132 valence electrons. The molecule has 1 aliphatic rings. The van der Waals surface area contributed by atoms with E-state index in [2.05, 4.69) is 16.0 Å². The number of nitrogens with zero attached hydrogens (tertiary/aromatic N) is 2. The number of aromatic nitrogens is 2. The highest BCUT2D eigenvalue weighted by Crippen LogP contribution is 2.27. The summed E-state index contributed by atoms with van der Waals surface area (Å²) >= 11 is 0. The van der Waals surface area contributed by atoms with Crippen molar-refractivity contribution in [3.8, 4) is 0 Å². The quantitative estimate of drug-likeness (QED) is 0.735. The minimum absolute atomic E-state index is 0.0195. The van der Waals surface area contributed by atoms with E-state index in [1.807, 2.05) is 18.2 Å². The molecule has 0 saturated heterocycles. The van der Waals surface area contributed by atoms with E-state index in [0.717, 1.165) is 29.6 Å². The number of anilines is 1. The van der Waals surface area contributed by atoms with Crippen molar-refractivity contribution in [2.75, 3.05) is 18.1 Å². The van der Waals surface area contributed by atoms with E-state index in [-0.39, 0.29) is 18.9 Å². The highest BCUT2D eigenvalue weighted by molar-refractivity contribution is 5.96. The van der Waals surface area contributed by atoms with Gasteiger partial charge >= 0.3 is 5.97 Å². The number of amides is 1. The smallest absolute Gasteiger partial charge is 0.338 e. The summed E-state index contributed by atoms with van der Waals surface area (Å²) < 4.78 is 5.28. The Morgan fingerprint density at radius 3 is 3.00 bits per heavy atom. The Balaban J connectivity index is 1.36. The van der Waals surface area contributed by atoms with Crippen molar-refractivity contribution in [3.05, 3.63) is 59.9 Å². The number of hydrogen-bond donors (Lipinski definition) is 1. The van der Waals surface area contributed by atoms with Crippen molar-refractivity contribution in [2.45, 2.75) is 19.3 Å². The maximum absolute atomic E-state index is 12.5. The summed E-state index contributed by atoms with van der Waals surface area (Å²) in [6, 6.07) is 13.1. The number of H-pyrrole nitrogens is 1. The van der Waals surface area contributed by atoms with Gasteiger partial charge in [-0.25, -0.2) is 9.78 Å². The molecule has 0 atom stereocenters. The summed E-state index contributed by atoms with van der Waals surface area (Å²) in [6.07, 6.45) is 3.69. The van der Waals surface area contributed by atoms with Gasteiger partial charge in [-0.3, -0.25) is 4.79 Å². The van der Waals surface area contributed by atoms with Crippen LogP contribution in [-0.4, -0.2) is 35.0 Å². The van der Waals surface area contributed by atoms with E-state index in [1.54, 1.807) is 29.4 Å². The summed E-state index contributed by atoms with van der Waals surface area (Å²) in [5, 5.41) is 0. The number of imidazole rings is 1. The van der Waals surface area contributed by atoms with Gasteiger partial charge < -0.3 is 14.6 Å². The van der Waals surface area contributed by atoms with Crippen molar-refractivity contribution in [3.63, 3.8) is 0 Å². The van der Waals surface area contributed by atoms with Crippen LogP contribution in [0.5, 0.6) is 0 Å². The van der Waals surface area contributed by atoms with Gasteiger partial charge in [-0.1, -0.05) is 18.2 Å². The molecule has 0 saturated carbocycles. The van der Waals surface area contributed by atoms with Gasteiger partial charge in [0.2, 0.25) is 5.91 Å². The minimum Gasteiger partial charge on any atom is -0.462 e. The lowest BCUT2D eigenvalue weighted by molar-refractivity contribution is -0.119. The average Bonchev–Trinajstić information content (AvgIpc) is 3.15. The van der Waals surface area contributed by atoms with Gasteiger partial charge in [0.25, 0.3) is 0 Å². The second-order valence-electron chi connectivity index (χ2n) is 6.30. The Morgan fingerprint density at radius 2 is 2.08 bits per heavy atom. The number of carbonyl (C=O) groups excluding carboxylic acids is 2. The standard InChI is InChI=1S/C20H19N3O3/c24-19(23-10-3-5-14-4-1-2-6-18(14)23)9-11-26-20(25)15-7-8-16-17(12-15)22-13-21-16/h1-2,4,6-8,12-13H,3,5,9-11H2,(H,21,22). The van der Waals surface area contributed by atoms with Crippen LogP contribution in [0.3, 0.4) is 0 Å². The lowest BCUT2D eigenvalue weighted by Crippen LogP contribution is -2.36. The predicted octanol–water partition coefficient (Wildman–Crippen LogP) is 3.09. The number of benzene rings is 2. The molecule has 1 aromatic heterocycles.